The van der Waals surface area contributed by atoms with E-state index >= 15 is 0 Å². The lowest BCUT2D eigenvalue weighted by atomic mass is 10.1. The quantitative estimate of drug-likeness (QED) is 0.729. The lowest BCUT2D eigenvalue weighted by molar-refractivity contribution is -0.128. The first-order chi connectivity index (χ1) is 12.6. The van der Waals surface area contributed by atoms with Crippen LogP contribution in [-0.2, 0) is 11.3 Å². The summed E-state index contributed by atoms with van der Waals surface area (Å²) < 4.78 is 5.83. The van der Waals surface area contributed by atoms with E-state index < -0.39 is 6.10 Å². The van der Waals surface area contributed by atoms with E-state index in [0.717, 1.165) is 24.4 Å². The van der Waals surface area contributed by atoms with Gasteiger partial charge in [-0.15, -0.1) is 0 Å². The molecule has 140 valence electrons. The first-order valence-electron chi connectivity index (χ1n) is 9.42. The Morgan fingerprint density at radius 2 is 1.62 bits per heavy atom. The third-order valence-electron chi connectivity index (χ3n) is 4.49. The standard InChI is InChI=1S/C22H30N2O2/c1-5-21(26-20-14-8-17(4)9-15-20)22(25)23-16-18-10-12-19(13-11-18)24(6-2)7-3/h8-15,21H,5-7,16H2,1-4H3,(H,23,25)/t21-/m1/s1. The average Bonchev–Trinajstić information content (AvgIpc) is 2.67. The van der Waals surface area contributed by atoms with Gasteiger partial charge in [0.1, 0.15) is 5.75 Å². The fourth-order valence-corrected chi connectivity index (χ4v) is 2.82. The highest BCUT2D eigenvalue weighted by Crippen LogP contribution is 2.16. The monoisotopic (exact) mass is 354 g/mol. The maximum Gasteiger partial charge on any atom is 0.261 e. The summed E-state index contributed by atoms with van der Waals surface area (Å²) >= 11 is 0. The molecule has 0 bridgehead atoms. The maximum absolute atomic E-state index is 12.4. The Morgan fingerprint density at radius 3 is 2.15 bits per heavy atom. The number of anilines is 1. The van der Waals surface area contributed by atoms with Crippen molar-refractivity contribution in [3.63, 3.8) is 0 Å². The Hall–Kier alpha value is -2.49. The second kappa shape index (κ2) is 9.85. The van der Waals surface area contributed by atoms with Gasteiger partial charge in [0, 0.05) is 25.3 Å². The third-order valence-corrected chi connectivity index (χ3v) is 4.49. The molecule has 26 heavy (non-hydrogen) atoms. The lowest BCUT2D eigenvalue weighted by Gasteiger charge is -2.21. The van der Waals surface area contributed by atoms with Crippen LogP contribution in [-0.4, -0.2) is 25.1 Å². The minimum absolute atomic E-state index is 0.0825. The second-order valence-corrected chi connectivity index (χ2v) is 6.38. The van der Waals surface area contributed by atoms with Crippen LogP contribution in [0.2, 0.25) is 0 Å². The zero-order valence-corrected chi connectivity index (χ0v) is 16.3. The van der Waals surface area contributed by atoms with E-state index in [2.05, 4.69) is 48.3 Å². The molecule has 0 heterocycles. The summed E-state index contributed by atoms with van der Waals surface area (Å²) in [4.78, 5) is 14.7. The summed E-state index contributed by atoms with van der Waals surface area (Å²) in [5.41, 5.74) is 3.46. The van der Waals surface area contributed by atoms with E-state index in [1.807, 2.05) is 38.1 Å². The highest BCUT2D eigenvalue weighted by molar-refractivity contribution is 5.81. The molecule has 0 aliphatic carbocycles. The van der Waals surface area contributed by atoms with E-state index in [-0.39, 0.29) is 5.91 Å². The predicted octanol–water partition coefficient (Wildman–Crippen LogP) is 4.32. The van der Waals surface area contributed by atoms with Crippen molar-refractivity contribution in [2.45, 2.75) is 46.8 Å². The number of hydrogen-bond donors (Lipinski definition) is 1. The van der Waals surface area contributed by atoms with Crippen LogP contribution in [0.25, 0.3) is 0 Å². The molecule has 0 saturated carbocycles. The summed E-state index contributed by atoms with van der Waals surface area (Å²) in [5.74, 6) is 0.641. The van der Waals surface area contributed by atoms with E-state index in [1.165, 1.54) is 11.3 Å². The molecule has 1 atom stereocenters. The molecule has 0 aliphatic heterocycles. The van der Waals surface area contributed by atoms with Gasteiger partial charge in [0.25, 0.3) is 5.91 Å². The van der Waals surface area contributed by atoms with Gasteiger partial charge in [-0.1, -0.05) is 36.8 Å². The molecular weight excluding hydrogens is 324 g/mol. The Morgan fingerprint density at radius 1 is 1.00 bits per heavy atom. The lowest BCUT2D eigenvalue weighted by Crippen LogP contribution is -2.37. The molecule has 0 saturated heterocycles. The number of benzene rings is 2. The van der Waals surface area contributed by atoms with Crippen molar-refractivity contribution in [1.82, 2.24) is 5.32 Å². The van der Waals surface area contributed by atoms with Gasteiger partial charge < -0.3 is 15.0 Å². The predicted molar refractivity (Wildman–Crippen MR) is 108 cm³/mol. The molecule has 4 nitrogen and oxygen atoms in total. The molecule has 0 fully saturated rings. The first-order valence-corrected chi connectivity index (χ1v) is 9.42. The maximum atomic E-state index is 12.4. The van der Waals surface area contributed by atoms with Crippen LogP contribution in [0.4, 0.5) is 5.69 Å². The van der Waals surface area contributed by atoms with Crippen LogP contribution < -0.4 is 15.0 Å². The van der Waals surface area contributed by atoms with E-state index in [1.54, 1.807) is 0 Å². The molecule has 0 aromatic heterocycles. The van der Waals surface area contributed by atoms with Gasteiger partial charge >= 0.3 is 0 Å². The molecule has 1 amide bonds. The molecule has 2 aromatic carbocycles. The minimum Gasteiger partial charge on any atom is -0.481 e. The smallest absolute Gasteiger partial charge is 0.261 e. The van der Waals surface area contributed by atoms with E-state index in [9.17, 15) is 4.79 Å². The highest BCUT2D eigenvalue weighted by Gasteiger charge is 2.18. The molecule has 0 unspecified atom stereocenters. The molecule has 4 heteroatoms. The summed E-state index contributed by atoms with van der Waals surface area (Å²) in [5, 5.41) is 2.98. The van der Waals surface area contributed by atoms with Crippen LogP contribution in [0, 0.1) is 6.92 Å². The van der Waals surface area contributed by atoms with Crippen molar-refractivity contribution in [2.75, 3.05) is 18.0 Å². The SMILES string of the molecule is CC[C@@H](Oc1ccc(C)cc1)C(=O)NCc1ccc(N(CC)CC)cc1. The highest BCUT2D eigenvalue weighted by atomic mass is 16.5. The van der Waals surface area contributed by atoms with Crippen LogP contribution in [0.15, 0.2) is 48.5 Å². The summed E-state index contributed by atoms with van der Waals surface area (Å²) in [6.45, 7) is 10.8. The molecule has 2 aromatic rings. The number of carbonyl (C=O) groups excluding carboxylic acids is 1. The molecule has 0 radical (unpaired) electrons. The van der Waals surface area contributed by atoms with Gasteiger partial charge in [0.15, 0.2) is 6.10 Å². The number of ether oxygens (including phenoxy) is 1. The van der Waals surface area contributed by atoms with Crippen LogP contribution in [0.3, 0.4) is 0 Å². The van der Waals surface area contributed by atoms with Crippen LogP contribution >= 0.6 is 0 Å². The Labute approximate surface area is 157 Å². The molecule has 2 rings (SSSR count). The second-order valence-electron chi connectivity index (χ2n) is 6.38. The molecular formula is C22H30N2O2. The zero-order valence-electron chi connectivity index (χ0n) is 16.3. The normalized spacial score (nSPS) is 11.7. The Balaban J connectivity index is 1.90. The minimum atomic E-state index is -0.479. The Kier molecular flexibility index (Phi) is 7.52. The van der Waals surface area contributed by atoms with E-state index in [4.69, 9.17) is 4.74 Å². The van der Waals surface area contributed by atoms with Crippen molar-refractivity contribution < 1.29 is 9.53 Å². The number of nitrogens with one attached hydrogen (secondary N) is 1. The van der Waals surface area contributed by atoms with E-state index in [0.29, 0.717) is 13.0 Å². The number of carbonyl (C=O) groups is 1. The number of hydrogen-bond acceptors (Lipinski definition) is 3. The van der Waals surface area contributed by atoms with Crippen LogP contribution in [0.5, 0.6) is 5.75 Å². The fourth-order valence-electron chi connectivity index (χ4n) is 2.82. The topological polar surface area (TPSA) is 41.6 Å². The largest absolute Gasteiger partial charge is 0.481 e. The number of rotatable bonds is 9. The van der Waals surface area contributed by atoms with Crippen molar-refractivity contribution in [3.8, 4) is 5.75 Å². The fraction of sp³-hybridized carbons (Fsp3) is 0.409. The van der Waals surface area contributed by atoms with Gasteiger partial charge in [-0.05, 0) is 57.0 Å². The van der Waals surface area contributed by atoms with Gasteiger partial charge in [-0.25, -0.2) is 0 Å². The molecule has 0 spiro atoms. The van der Waals surface area contributed by atoms with Gasteiger partial charge in [0.05, 0.1) is 0 Å². The average molecular weight is 354 g/mol. The summed E-state index contributed by atoms with van der Waals surface area (Å²) in [6.07, 6.45) is 0.147. The number of nitrogens with zero attached hydrogens (tertiary/aromatic N) is 1. The number of amides is 1. The van der Waals surface area contributed by atoms with Crippen molar-refractivity contribution in [1.29, 1.82) is 0 Å². The molecule has 0 aliphatic rings. The van der Waals surface area contributed by atoms with Gasteiger partial charge in [0.2, 0.25) is 0 Å². The third kappa shape index (κ3) is 5.51. The molecule has 1 N–H and O–H groups in total. The summed E-state index contributed by atoms with van der Waals surface area (Å²) in [6, 6.07) is 16.1. The number of aryl methyl sites for hydroxylation is 1. The summed E-state index contributed by atoms with van der Waals surface area (Å²) in [7, 11) is 0. The van der Waals surface area contributed by atoms with Crippen molar-refractivity contribution in [3.05, 3.63) is 59.7 Å². The van der Waals surface area contributed by atoms with Gasteiger partial charge in [-0.3, -0.25) is 4.79 Å². The first kappa shape index (κ1) is 19.8. The van der Waals surface area contributed by atoms with Gasteiger partial charge in [-0.2, -0.15) is 0 Å². The van der Waals surface area contributed by atoms with Crippen molar-refractivity contribution >= 4 is 11.6 Å². The Bertz CT molecular complexity index is 676. The van der Waals surface area contributed by atoms with Crippen LogP contribution in [0.1, 0.15) is 38.3 Å². The van der Waals surface area contributed by atoms with Crippen molar-refractivity contribution in [2.24, 2.45) is 0 Å². The zero-order chi connectivity index (χ0) is 18.9.